The first-order valence-electron chi connectivity index (χ1n) is 6.29. The first-order chi connectivity index (χ1) is 8.85. The Morgan fingerprint density at radius 3 is 2.33 bits per heavy atom. The van der Waals surface area contributed by atoms with E-state index in [-0.39, 0.29) is 0 Å². The first kappa shape index (κ1) is 13.0. The van der Waals surface area contributed by atoms with E-state index in [4.69, 9.17) is 0 Å². The van der Waals surface area contributed by atoms with E-state index in [0.717, 1.165) is 6.42 Å². The van der Waals surface area contributed by atoms with Crippen LogP contribution in [0.25, 0.3) is 0 Å². The minimum absolute atomic E-state index is 0.375. The molecule has 2 heteroatoms. The van der Waals surface area contributed by atoms with Crippen LogP contribution in [0.15, 0.2) is 59.5 Å². The molecule has 0 radical (unpaired) electrons. The quantitative estimate of drug-likeness (QED) is 0.759. The molecule has 0 aliphatic heterocycles. The Hall–Kier alpha value is -1.41. The minimum Gasteiger partial charge on any atom is -0.377 e. The van der Waals surface area contributed by atoms with Crippen LogP contribution in [0.1, 0.15) is 24.9 Å². The van der Waals surface area contributed by atoms with E-state index in [1.807, 2.05) is 0 Å². The van der Waals surface area contributed by atoms with Gasteiger partial charge in [-0.3, -0.25) is 0 Å². The summed E-state index contributed by atoms with van der Waals surface area (Å²) >= 11 is 1.78. The van der Waals surface area contributed by atoms with Gasteiger partial charge in [-0.15, -0.1) is 11.8 Å². The van der Waals surface area contributed by atoms with Gasteiger partial charge in [0, 0.05) is 10.6 Å². The smallest absolute Gasteiger partial charge is 0.0511 e. The fourth-order valence-electron chi connectivity index (χ4n) is 2.06. The topological polar surface area (TPSA) is 12.0 Å². The number of nitrogens with one attached hydrogen (secondary N) is 1. The van der Waals surface area contributed by atoms with Gasteiger partial charge in [-0.1, -0.05) is 49.4 Å². The van der Waals surface area contributed by atoms with Gasteiger partial charge in [0.25, 0.3) is 0 Å². The molecule has 0 fully saturated rings. The summed E-state index contributed by atoms with van der Waals surface area (Å²) < 4.78 is 0. The summed E-state index contributed by atoms with van der Waals surface area (Å²) in [4.78, 5) is 1.30. The van der Waals surface area contributed by atoms with Crippen LogP contribution in [-0.2, 0) is 0 Å². The molecule has 0 amide bonds. The van der Waals surface area contributed by atoms with Crippen LogP contribution in [0, 0.1) is 0 Å². The zero-order chi connectivity index (χ0) is 12.8. The van der Waals surface area contributed by atoms with Gasteiger partial charge in [0.15, 0.2) is 0 Å². The second-order valence-corrected chi connectivity index (χ2v) is 5.06. The molecule has 0 aromatic heterocycles. The van der Waals surface area contributed by atoms with Crippen molar-refractivity contribution in [3.63, 3.8) is 0 Å². The Bertz CT molecular complexity index is 481. The number of hydrogen-bond acceptors (Lipinski definition) is 2. The molecule has 0 spiro atoms. The minimum atomic E-state index is 0.375. The van der Waals surface area contributed by atoms with E-state index >= 15 is 0 Å². The molecular weight excluding hydrogens is 238 g/mol. The van der Waals surface area contributed by atoms with Gasteiger partial charge in [0.2, 0.25) is 0 Å². The lowest BCUT2D eigenvalue weighted by atomic mass is 10.0. The predicted octanol–water partition coefficient (Wildman–Crippen LogP) is 4.97. The highest BCUT2D eigenvalue weighted by Crippen LogP contribution is 2.29. The van der Waals surface area contributed by atoms with Crippen LogP contribution in [0.5, 0.6) is 0 Å². The van der Waals surface area contributed by atoms with Crippen molar-refractivity contribution in [3.05, 3.63) is 60.2 Å². The van der Waals surface area contributed by atoms with Crippen LogP contribution in [0.2, 0.25) is 0 Å². The van der Waals surface area contributed by atoms with Crippen LogP contribution in [-0.4, -0.2) is 6.26 Å². The van der Waals surface area contributed by atoms with Crippen molar-refractivity contribution < 1.29 is 0 Å². The predicted molar refractivity (Wildman–Crippen MR) is 81.3 cm³/mol. The molecule has 1 N–H and O–H groups in total. The average molecular weight is 257 g/mol. The number of hydrogen-bond donors (Lipinski definition) is 1. The Labute approximate surface area is 114 Å². The molecular formula is C16H19NS. The SMILES string of the molecule is CCC(Nc1ccccc1SC)c1ccccc1. The first-order valence-corrected chi connectivity index (χ1v) is 7.52. The standard InChI is InChI=1S/C16H19NS/c1-3-14(13-9-5-4-6-10-13)17-15-11-7-8-12-16(15)18-2/h4-12,14,17H,3H2,1-2H3. The van der Waals surface area contributed by atoms with E-state index < -0.39 is 0 Å². The van der Waals surface area contributed by atoms with Gasteiger partial charge in [0.05, 0.1) is 6.04 Å². The fraction of sp³-hybridized carbons (Fsp3) is 0.250. The van der Waals surface area contributed by atoms with Crippen LogP contribution in [0.3, 0.4) is 0 Å². The molecule has 0 aliphatic rings. The average Bonchev–Trinajstić information content (AvgIpc) is 2.46. The number of benzene rings is 2. The molecule has 0 bridgehead atoms. The van der Waals surface area contributed by atoms with Crippen LogP contribution >= 0.6 is 11.8 Å². The summed E-state index contributed by atoms with van der Waals surface area (Å²) in [5.41, 5.74) is 2.57. The number of para-hydroxylation sites is 1. The van der Waals surface area contributed by atoms with Crippen molar-refractivity contribution in [2.45, 2.75) is 24.3 Å². The number of anilines is 1. The lowest BCUT2D eigenvalue weighted by Crippen LogP contribution is -2.10. The maximum Gasteiger partial charge on any atom is 0.0511 e. The molecule has 1 unspecified atom stereocenters. The Balaban J connectivity index is 2.21. The fourth-order valence-corrected chi connectivity index (χ4v) is 2.62. The van der Waals surface area contributed by atoms with Gasteiger partial charge in [0.1, 0.15) is 0 Å². The maximum absolute atomic E-state index is 3.64. The third kappa shape index (κ3) is 3.08. The third-order valence-corrected chi connectivity index (χ3v) is 3.84. The normalized spacial score (nSPS) is 12.1. The largest absolute Gasteiger partial charge is 0.377 e. The molecule has 0 aliphatic carbocycles. The van der Waals surface area contributed by atoms with Gasteiger partial charge in [-0.25, -0.2) is 0 Å². The van der Waals surface area contributed by atoms with Crippen molar-refractivity contribution in [1.82, 2.24) is 0 Å². The number of thioether (sulfide) groups is 1. The maximum atomic E-state index is 3.64. The summed E-state index contributed by atoms with van der Waals surface area (Å²) in [6.07, 6.45) is 3.19. The molecule has 2 rings (SSSR count). The zero-order valence-corrected chi connectivity index (χ0v) is 11.7. The molecule has 94 valence electrons. The molecule has 18 heavy (non-hydrogen) atoms. The van der Waals surface area contributed by atoms with Gasteiger partial charge in [-0.05, 0) is 30.4 Å². The summed E-state index contributed by atoms with van der Waals surface area (Å²) in [5.74, 6) is 0. The van der Waals surface area contributed by atoms with Crippen molar-refractivity contribution in [2.24, 2.45) is 0 Å². The Morgan fingerprint density at radius 1 is 1.00 bits per heavy atom. The van der Waals surface area contributed by atoms with Gasteiger partial charge >= 0.3 is 0 Å². The number of rotatable bonds is 5. The van der Waals surface area contributed by atoms with Gasteiger partial charge in [-0.2, -0.15) is 0 Å². The molecule has 1 atom stereocenters. The van der Waals surface area contributed by atoms with E-state index in [2.05, 4.69) is 73.1 Å². The molecule has 0 heterocycles. The molecule has 0 saturated heterocycles. The molecule has 2 aromatic rings. The summed E-state index contributed by atoms with van der Waals surface area (Å²) in [5, 5.41) is 3.64. The second-order valence-electron chi connectivity index (χ2n) is 4.22. The highest BCUT2D eigenvalue weighted by Gasteiger charge is 2.10. The Kier molecular flexibility index (Phi) is 4.71. The summed E-state index contributed by atoms with van der Waals surface area (Å²) in [7, 11) is 0. The molecule has 2 aromatic carbocycles. The Morgan fingerprint density at radius 2 is 1.67 bits per heavy atom. The van der Waals surface area contributed by atoms with E-state index in [1.54, 1.807) is 11.8 Å². The van der Waals surface area contributed by atoms with Crippen LogP contribution < -0.4 is 5.32 Å². The van der Waals surface area contributed by atoms with Crippen LogP contribution in [0.4, 0.5) is 5.69 Å². The van der Waals surface area contributed by atoms with Crippen molar-refractivity contribution >= 4 is 17.4 Å². The van der Waals surface area contributed by atoms with Gasteiger partial charge < -0.3 is 5.32 Å². The summed E-state index contributed by atoms with van der Waals surface area (Å²) in [6.45, 7) is 2.21. The summed E-state index contributed by atoms with van der Waals surface area (Å²) in [6, 6.07) is 19.5. The lowest BCUT2D eigenvalue weighted by Gasteiger charge is -2.20. The lowest BCUT2D eigenvalue weighted by molar-refractivity contribution is 0.747. The highest BCUT2D eigenvalue weighted by molar-refractivity contribution is 7.98. The van der Waals surface area contributed by atoms with Crippen molar-refractivity contribution in [3.8, 4) is 0 Å². The van der Waals surface area contributed by atoms with Crippen molar-refractivity contribution in [1.29, 1.82) is 0 Å². The third-order valence-electron chi connectivity index (χ3n) is 3.05. The van der Waals surface area contributed by atoms with E-state index in [9.17, 15) is 0 Å². The van der Waals surface area contributed by atoms with Crippen molar-refractivity contribution in [2.75, 3.05) is 11.6 Å². The molecule has 0 saturated carbocycles. The second kappa shape index (κ2) is 6.50. The van der Waals surface area contributed by atoms with E-state index in [0.29, 0.717) is 6.04 Å². The monoisotopic (exact) mass is 257 g/mol. The molecule has 1 nitrogen and oxygen atoms in total. The van der Waals surface area contributed by atoms with E-state index in [1.165, 1.54) is 16.1 Å². The highest BCUT2D eigenvalue weighted by atomic mass is 32.2. The zero-order valence-electron chi connectivity index (χ0n) is 10.9.